The number of hydrogen-bond donors (Lipinski definition) is 1. The van der Waals surface area contributed by atoms with Crippen molar-refractivity contribution < 1.29 is 0 Å². The molecule has 1 saturated carbocycles. The number of aromatic nitrogens is 1. The number of nitrogen functional groups attached to an aromatic ring is 1. The van der Waals surface area contributed by atoms with E-state index in [0.29, 0.717) is 0 Å². The van der Waals surface area contributed by atoms with Gasteiger partial charge >= 0.3 is 0 Å². The number of hydrogen-bond acceptors (Lipinski definition) is 3. The SMILES string of the molecule is Nc1cnsc1CC1CCCCC1. The Morgan fingerprint density at radius 2 is 2.15 bits per heavy atom. The Bertz CT molecular complexity index is 264. The lowest BCUT2D eigenvalue weighted by Crippen LogP contribution is -2.09. The highest BCUT2D eigenvalue weighted by molar-refractivity contribution is 7.06. The van der Waals surface area contributed by atoms with E-state index < -0.39 is 0 Å². The Kier molecular flexibility index (Phi) is 2.83. The van der Waals surface area contributed by atoms with Crippen LogP contribution in [0, 0.1) is 5.92 Å². The van der Waals surface area contributed by atoms with Crippen LogP contribution in [0.4, 0.5) is 5.69 Å². The Balaban J connectivity index is 1.93. The number of anilines is 1. The molecule has 13 heavy (non-hydrogen) atoms. The van der Waals surface area contributed by atoms with E-state index in [1.807, 2.05) is 0 Å². The molecular weight excluding hydrogens is 180 g/mol. The summed E-state index contributed by atoms with van der Waals surface area (Å²) in [4.78, 5) is 1.30. The first-order chi connectivity index (χ1) is 6.36. The van der Waals surface area contributed by atoms with E-state index in [1.54, 1.807) is 17.7 Å². The minimum Gasteiger partial charge on any atom is -0.397 e. The topological polar surface area (TPSA) is 38.9 Å². The van der Waals surface area contributed by atoms with Crippen molar-refractivity contribution in [3.05, 3.63) is 11.1 Å². The smallest absolute Gasteiger partial charge is 0.0659 e. The molecule has 1 fully saturated rings. The van der Waals surface area contributed by atoms with Gasteiger partial charge in [-0.05, 0) is 23.9 Å². The molecule has 0 unspecified atom stereocenters. The molecule has 0 aliphatic heterocycles. The number of rotatable bonds is 2. The first kappa shape index (κ1) is 9.00. The van der Waals surface area contributed by atoms with Crippen LogP contribution < -0.4 is 5.73 Å². The lowest BCUT2D eigenvalue weighted by Gasteiger charge is -2.20. The highest BCUT2D eigenvalue weighted by atomic mass is 32.1. The zero-order valence-corrected chi connectivity index (χ0v) is 8.65. The second kappa shape index (κ2) is 4.09. The van der Waals surface area contributed by atoms with Crippen molar-refractivity contribution in [3.63, 3.8) is 0 Å². The molecule has 0 bridgehead atoms. The molecule has 0 spiro atoms. The molecule has 1 heterocycles. The van der Waals surface area contributed by atoms with Crippen LogP contribution in [0.25, 0.3) is 0 Å². The fourth-order valence-corrected chi connectivity index (χ4v) is 2.84. The molecule has 1 aromatic heterocycles. The average Bonchev–Trinajstić information content (AvgIpc) is 2.54. The van der Waals surface area contributed by atoms with Crippen molar-refractivity contribution in [2.24, 2.45) is 5.92 Å². The molecular formula is C10H16N2S. The summed E-state index contributed by atoms with van der Waals surface area (Å²) < 4.78 is 4.10. The van der Waals surface area contributed by atoms with Crippen molar-refractivity contribution in [2.75, 3.05) is 5.73 Å². The van der Waals surface area contributed by atoms with E-state index in [4.69, 9.17) is 5.73 Å². The zero-order chi connectivity index (χ0) is 9.10. The third kappa shape index (κ3) is 2.21. The Morgan fingerprint density at radius 3 is 2.77 bits per heavy atom. The monoisotopic (exact) mass is 196 g/mol. The molecule has 0 aromatic carbocycles. The van der Waals surface area contributed by atoms with E-state index in [0.717, 1.165) is 18.0 Å². The molecule has 1 aliphatic carbocycles. The maximum atomic E-state index is 5.81. The molecule has 0 amide bonds. The summed E-state index contributed by atoms with van der Waals surface area (Å²) in [5, 5.41) is 0. The van der Waals surface area contributed by atoms with Crippen LogP contribution >= 0.6 is 11.5 Å². The van der Waals surface area contributed by atoms with Crippen LogP contribution in [0.15, 0.2) is 6.20 Å². The van der Waals surface area contributed by atoms with Gasteiger partial charge in [0, 0.05) is 4.88 Å². The van der Waals surface area contributed by atoms with Gasteiger partial charge in [-0.2, -0.15) is 4.37 Å². The standard InChI is InChI=1S/C10H16N2S/c11-9-7-12-13-10(9)6-8-4-2-1-3-5-8/h7-8H,1-6,11H2. The Labute approximate surface area is 83.3 Å². The zero-order valence-electron chi connectivity index (χ0n) is 7.83. The first-order valence-electron chi connectivity index (χ1n) is 5.05. The fraction of sp³-hybridized carbons (Fsp3) is 0.700. The van der Waals surface area contributed by atoms with Gasteiger partial charge in [-0.3, -0.25) is 0 Å². The fourth-order valence-electron chi connectivity index (χ4n) is 2.08. The van der Waals surface area contributed by atoms with E-state index >= 15 is 0 Å². The normalized spacial score (nSPS) is 19.1. The summed E-state index contributed by atoms with van der Waals surface area (Å²) in [6.45, 7) is 0. The molecule has 2 nitrogen and oxygen atoms in total. The number of nitrogens with two attached hydrogens (primary N) is 1. The molecule has 2 N–H and O–H groups in total. The van der Waals surface area contributed by atoms with Crippen LogP contribution in [0.5, 0.6) is 0 Å². The second-order valence-electron chi connectivity index (χ2n) is 3.91. The summed E-state index contributed by atoms with van der Waals surface area (Å²) in [6.07, 6.45) is 9.95. The van der Waals surface area contributed by atoms with Crippen LogP contribution in [-0.2, 0) is 6.42 Å². The van der Waals surface area contributed by atoms with Gasteiger partial charge in [0.05, 0.1) is 11.9 Å². The third-order valence-electron chi connectivity index (χ3n) is 2.88. The molecule has 0 saturated heterocycles. The highest BCUT2D eigenvalue weighted by Gasteiger charge is 2.15. The third-order valence-corrected chi connectivity index (χ3v) is 3.71. The summed E-state index contributed by atoms with van der Waals surface area (Å²) in [5.74, 6) is 0.872. The highest BCUT2D eigenvalue weighted by Crippen LogP contribution is 2.29. The molecule has 72 valence electrons. The van der Waals surface area contributed by atoms with E-state index in [2.05, 4.69) is 4.37 Å². The van der Waals surface area contributed by atoms with Crippen molar-refractivity contribution in [2.45, 2.75) is 38.5 Å². The van der Waals surface area contributed by atoms with Crippen LogP contribution in [0.3, 0.4) is 0 Å². The van der Waals surface area contributed by atoms with Crippen LogP contribution in [0.1, 0.15) is 37.0 Å². The molecule has 0 radical (unpaired) electrons. The van der Waals surface area contributed by atoms with Crippen molar-refractivity contribution in [1.82, 2.24) is 4.37 Å². The summed E-state index contributed by atoms with van der Waals surface area (Å²) in [5.41, 5.74) is 6.70. The van der Waals surface area contributed by atoms with Gasteiger partial charge in [-0.25, -0.2) is 0 Å². The van der Waals surface area contributed by atoms with E-state index in [-0.39, 0.29) is 0 Å². The average molecular weight is 196 g/mol. The first-order valence-corrected chi connectivity index (χ1v) is 5.82. The summed E-state index contributed by atoms with van der Waals surface area (Å²) in [6, 6.07) is 0. The summed E-state index contributed by atoms with van der Waals surface area (Å²) in [7, 11) is 0. The van der Waals surface area contributed by atoms with Gasteiger partial charge in [0.15, 0.2) is 0 Å². The Morgan fingerprint density at radius 1 is 1.38 bits per heavy atom. The van der Waals surface area contributed by atoms with Gasteiger partial charge in [-0.1, -0.05) is 32.1 Å². The minimum absolute atomic E-state index is 0.872. The van der Waals surface area contributed by atoms with Gasteiger partial charge < -0.3 is 5.73 Å². The maximum absolute atomic E-state index is 5.81. The van der Waals surface area contributed by atoms with Gasteiger partial charge in [0.25, 0.3) is 0 Å². The van der Waals surface area contributed by atoms with E-state index in [1.165, 1.54) is 37.0 Å². The quantitative estimate of drug-likeness (QED) is 0.790. The number of nitrogens with zero attached hydrogens (tertiary/aromatic N) is 1. The lowest BCUT2D eigenvalue weighted by molar-refractivity contribution is 0.358. The Hall–Kier alpha value is -0.570. The van der Waals surface area contributed by atoms with Crippen molar-refractivity contribution >= 4 is 17.2 Å². The molecule has 1 aromatic rings. The van der Waals surface area contributed by atoms with Crippen molar-refractivity contribution in [3.8, 4) is 0 Å². The molecule has 0 atom stereocenters. The predicted octanol–water partition coefficient (Wildman–Crippen LogP) is 2.85. The summed E-state index contributed by atoms with van der Waals surface area (Å²) >= 11 is 1.57. The maximum Gasteiger partial charge on any atom is 0.0659 e. The van der Waals surface area contributed by atoms with Gasteiger partial charge in [0.1, 0.15) is 0 Å². The van der Waals surface area contributed by atoms with Crippen molar-refractivity contribution in [1.29, 1.82) is 0 Å². The lowest BCUT2D eigenvalue weighted by atomic mass is 9.86. The van der Waals surface area contributed by atoms with Gasteiger partial charge in [0.2, 0.25) is 0 Å². The molecule has 2 rings (SSSR count). The second-order valence-corrected chi connectivity index (χ2v) is 4.80. The van der Waals surface area contributed by atoms with Gasteiger partial charge in [-0.15, -0.1) is 0 Å². The van der Waals surface area contributed by atoms with Crippen LogP contribution in [-0.4, -0.2) is 4.37 Å². The van der Waals surface area contributed by atoms with E-state index in [9.17, 15) is 0 Å². The minimum atomic E-state index is 0.872. The molecule has 3 heteroatoms. The molecule has 1 aliphatic rings. The largest absolute Gasteiger partial charge is 0.397 e. The van der Waals surface area contributed by atoms with Crippen LogP contribution in [0.2, 0.25) is 0 Å². The predicted molar refractivity (Wildman–Crippen MR) is 56.8 cm³/mol.